The van der Waals surface area contributed by atoms with Crippen molar-refractivity contribution < 1.29 is 22.8 Å². The van der Waals surface area contributed by atoms with Crippen LogP contribution in [0.4, 0.5) is 18.9 Å². The third kappa shape index (κ3) is 6.61. The number of alkyl halides is 5. The van der Waals surface area contributed by atoms with Gasteiger partial charge in [-0.3, -0.25) is 9.59 Å². The molecule has 178 valence electrons. The first-order valence-corrected chi connectivity index (χ1v) is 11.5. The van der Waals surface area contributed by atoms with Crippen molar-refractivity contribution in [3.05, 3.63) is 62.6 Å². The number of amides is 2. The van der Waals surface area contributed by atoms with Gasteiger partial charge in [0.1, 0.15) is 4.33 Å². The van der Waals surface area contributed by atoms with Crippen molar-refractivity contribution in [2.45, 2.75) is 29.3 Å². The van der Waals surface area contributed by atoms with Crippen LogP contribution in [0.15, 0.2) is 36.4 Å². The first-order chi connectivity index (χ1) is 15.3. The van der Waals surface area contributed by atoms with Crippen molar-refractivity contribution in [1.29, 1.82) is 0 Å². The van der Waals surface area contributed by atoms with Gasteiger partial charge in [0.2, 0.25) is 5.91 Å². The van der Waals surface area contributed by atoms with Crippen molar-refractivity contribution in [2.24, 2.45) is 5.92 Å². The maximum absolute atomic E-state index is 12.8. The second-order valence-electron chi connectivity index (χ2n) is 7.49. The van der Waals surface area contributed by atoms with Crippen molar-refractivity contribution in [1.82, 2.24) is 5.32 Å². The van der Waals surface area contributed by atoms with E-state index in [1.807, 2.05) is 0 Å². The van der Waals surface area contributed by atoms with Crippen molar-refractivity contribution >= 4 is 75.5 Å². The van der Waals surface area contributed by atoms with E-state index in [2.05, 4.69) is 10.6 Å². The van der Waals surface area contributed by atoms with Gasteiger partial charge >= 0.3 is 6.18 Å². The van der Waals surface area contributed by atoms with E-state index >= 15 is 0 Å². The molecule has 0 aromatic heterocycles. The van der Waals surface area contributed by atoms with Gasteiger partial charge in [-0.05, 0) is 48.4 Å². The van der Waals surface area contributed by atoms with E-state index in [0.29, 0.717) is 15.6 Å². The maximum atomic E-state index is 12.8. The van der Waals surface area contributed by atoms with Crippen molar-refractivity contribution in [3.8, 4) is 0 Å². The molecule has 0 bridgehead atoms. The van der Waals surface area contributed by atoms with Crippen LogP contribution in [0.2, 0.25) is 15.1 Å². The first-order valence-electron chi connectivity index (χ1n) is 9.59. The molecule has 0 radical (unpaired) electrons. The van der Waals surface area contributed by atoms with Crippen LogP contribution in [0, 0.1) is 5.92 Å². The fourth-order valence-electron chi connectivity index (χ4n) is 3.41. The molecule has 0 spiro atoms. The molecule has 2 atom stereocenters. The van der Waals surface area contributed by atoms with Crippen LogP contribution < -0.4 is 10.6 Å². The number of hydrogen-bond donors (Lipinski definition) is 2. The zero-order valence-electron chi connectivity index (χ0n) is 16.6. The third-order valence-electron chi connectivity index (χ3n) is 4.98. The normalized spacial score (nSPS) is 19.2. The summed E-state index contributed by atoms with van der Waals surface area (Å²) in [6, 6.07) is 8.95. The van der Waals surface area contributed by atoms with E-state index in [1.54, 1.807) is 12.1 Å². The minimum atomic E-state index is -4.30. The number of hydrogen-bond acceptors (Lipinski definition) is 2. The van der Waals surface area contributed by atoms with Crippen LogP contribution in [-0.2, 0) is 4.79 Å². The van der Waals surface area contributed by atoms with Gasteiger partial charge in [-0.25, -0.2) is 0 Å². The monoisotopic (exact) mass is 560 g/mol. The molecule has 1 aliphatic carbocycles. The van der Waals surface area contributed by atoms with Crippen LogP contribution in [0.5, 0.6) is 0 Å². The maximum Gasteiger partial charge on any atom is 0.389 e. The van der Waals surface area contributed by atoms with Crippen molar-refractivity contribution in [3.63, 3.8) is 0 Å². The van der Waals surface area contributed by atoms with Gasteiger partial charge < -0.3 is 10.6 Å². The number of halogens is 8. The van der Waals surface area contributed by atoms with E-state index in [-0.39, 0.29) is 29.2 Å². The van der Waals surface area contributed by atoms with Gasteiger partial charge in [-0.15, -0.1) is 23.2 Å². The number of benzene rings is 2. The lowest BCUT2D eigenvalue weighted by molar-refractivity contribution is -0.135. The van der Waals surface area contributed by atoms with Crippen molar-refractivity contribution in [2.75, 3.05) is 11.9 Å². The molecule has 1 saturated carbocycles. The average Bonchev–Trinajstić information content (AvgIpc) is 3.27. The summed E-state index contributed by atoms with van der Waals surface area (Å²) >= 11 is 30.8. The second-order valence-corrected chi connectivity index (χ2v) is 10.2. The molecule has 4 nitrogen and oxygen atoms in total. The molecule has 3 rings (SSSR count). The number of rotatable bonds is 7. The van der Waals surface area contributed by atoms with E-state index < -0.39 is 40.6 Å². The zero-order chi connectivity index (χ0) is 24.6. The van der Waals surface area contributed by atoms with Gasteiger partial charge in [-0.2, -0.15) is 13.2 Å². The summed E-state index contributed by atoms with van der Waals surface area (Å²) in [5.41, 5.74) is 0.842. The van der Waals surface area contributed by atoms with E-state index in [0.717, 1.165) is 0 Å². The predicted molar refractivity (Wildman–Crippen MR) is 125 cm³/mol. The molecule has 2 aromatic carbocycles. The number of carbonyl (C=O) groups is 2. The molecule has 33 heavy (non-hydrogen) atoms. The summed E-state index contributed by atoms with van der Waals surface area (Å²) in [5.74, 6) is -2.54. The Kier molecular flexibility index (Phi) is 8.01. The lowest BCUT2D eigenvalue weighted by Gasteiger charge is -2.11. The number of nitrogens with one attached hydrogen (secondary N) is 2. The van der Waals surface area contributed by atoms with Crippen LogP contribution in [0.1, 0.15) is 34.7 Å². The Bertz CT molecular complexity index is 1060. The third-order valence-corrected chi connectivity index (χ3v) is 6.69. The standard InChI is InChI=1S/C21H16Cl5F3N2O2/c22-11-6-10(7-12(23)8-11)16-17(21(16,25)26)19(33)31-13-2-3-15(24)14(9-13)18(32)30-5-1-4-20(27,28)29/h2-3,6-9,16-17H,1,4-5H2,(H,30,32)(H,31,33). The highest BCUT2D eigenvalue weighted by Crippen LogP contribution is 2.65. The minimum Gasteiger partial charge on any atom is -0.352 e. The Labute approximate surface area is 212 Å². The fourth-order valence-corrected chi connectivity index (χ4v) is 4.98. The highest BCUT2D eigenvalue weighted by molar-refractivity contribution is 6.53. The molecule has 2 N–H and O–H groups in total. The molecule has 0 aliphatic heterocycles. The van der Waals surface area contributed by atoms with E-state index in [9.17, 15) is 22.8 Å². The van der Waals surface area contributed by atoms with Gasteiger partial charge in [0.25, 0.3) is 5.91 Å². The molecule has 2 unspecified atom stereocenters. The molecular weight excluding hydrogens is 547 g/mol. The Morgan fingerprint density at radius 2 is 1.64 bits per heavy atom. The topological polar surface area (TPSA) is 58.2 Å². The van der Waals surface area contributed by atoms with E-state index in [4.69, 9.17) is 58.0 Å². The highest BCUT2D eigenvalue weighted by Gasteiger charge is 2.67. The molecule has 12 heteroatoms. The second kappa shape index (κ2) is 10.1. The van der Waals surface area contributed by atoms with Gasteiger partial charge in [0, 0.05) is 34.6 Å². The van der Waals surface area contributed by atoms with Crippen LogP contribution in [-0.4, -0.2) is 28.9 Å². The summed E-state index contributed by atoms with van der Waals surface area (Å²) in [6.07, 6.45) is -5.59. The van der Waals surface area contributed by atoms with Gasteiger partial charge in [0.05, 0.1) is 16.5 Å². The SMILES string of the molecule is O=C(NCCCC(F)(F)F)c1cc(NC(=O)C2C(c3cc(Cl)cc(Cl)c3)C2(Cl)Cl)ccc1Cl. The summed E-state index contributed by atoms with van der Waals surface area (Å²) in [4.78, 5) is 25.2. The lowest BCUT2D eigenvalue weighted by Crippen LogP contribution is -2.26. The summed E-state index contributed by atoms with van der Waals surface area (Å²) in [7, 11) is 0. The average molecular weight is 563 g/mol. The molecule has 2 aromatic rings. The largest absolute Gasteiger partial charge is 0.389 e. The Hall–Kier alpha value is -1.38. The van der Waals surface area contributed by atoms with Crippen LogP contribution >= 0.6 is 58.0 Å². The number of carbonyl (C=O) groups excluding carboxylic acids is 2. The summed E-state index contributed by atoms with van der Waals surface area (Å²) < 4.78 is 35.3. The Morgan fingerprint density at radius 1 is 1.00 bits per heavy atom. The van der Waals surface area contributed by atoms with E-state index in [1.165, 1.54) is 24.3 Å². The Morgan fingerprint density at radius 3 is 2.24 bits per heavy atom. The molecule has 1 aliphatic rings. The molecule has 1 fully saturated rings. The molecular formula is C21H16Cl5F3N2O2. The predicted octanol–water partition coefficient (Wildman–Crippen LogP) is 7.25. The van der Waals surface area contributed by atoms with Crippen LogP contribution in [0.25, 0.3) is 0 Å². The quantitative estimate of drug-likeness (QED) is 0.276. The minimum absolute atomic E-state index is 0.00143. The first kappa shape index (κ1) is 26.2. The fraction of sp³-hybridized carbons (Fsp3) is 0.333. The molecule has 0 saturated heterocycles. The summed E-state index contributed by atoms with van der Waals surface area (Å²) in [5, 5.41) is 5.83. The highest BCUT2D eigenvalue weighted by atomic mass is 35.5. The molecule has 2 amide bonds. The van der Waals surface area contributed by atoms with Crippen LogP contribution in [0.3, 0.4) is 0 Å². The lowest BCUT2D eigenvalue weighted by atomic mass is 10.1. The van der Waals surface area contributed by atoms with Gasteiger partial charge in [0.15, 0.2) is 0 Å². The zero-order valence-corrected chi connectivity index (χ0v) is 20.4. The smallest absolute Gasteiger partial charge is 0.352 e. The Balaban J connectivity index is 1.67. The molecule has 0 heterocycles. The van der Waals surface area contributed by atoms with Gasteiger partial charge in [-0.1, -0.05) is 34.8 Å². The summed E-state index contributed by atoms with van der Waals surface area (Å²) in [6.45, 7) is -0.182. The number of anilines is 1.